The van der Waals surface area contributed by atoms with Gasteiger partial charge < -0.3 is 19.6 Å². The fourth-order valence-corrected chi connectivity index (χ4v) is 1.84. The van der Waals surface area contributed by atoms with E-state index in [9.17, 15) is 14.4 Å². The van der Waals surface area contributed by atoms with Crippen LogP contribution in [0, 0.1) is 0 Å². The minimum absolute atomic E-state index is 0.0110. The minimum Gasteiger partial charge on any atom is -0.478 e. The molecule has 0 saturated carbocycles. The summed E-state index contributed by atoms with van der Waals surface area (Å²) in [6.45, 7) is 0.425. The van der Waals surface area contributed by atoms with Gasteiger partial charge in [0.2, 0.25) is 5.91 Å². The summed E-state index contributed by atoms with van der Waals surface area (Å²) in [6.07, 6.45) is 0. The minimum atomic E-state index is -1.12. The van der Waals surface area contributed by atoms with Crippen molar-refractivity contribution in [1.29, 1.82) is 0 Å². The molecule has 0 saturated heterocycles. The maximum Gasteiger partial charge on any atom is 0.420 e. The van der Waals surface area contributed by atoms with Gasteiger partial charge in [-0.15, -0.1) is 0 Å². The van der Waals surface area contributed by atoms with Crippen molar-refractivity contribution in [1.82, 2.24) is 9.88 Å². The van der Waals surface area contributed by atoms with Crippen LogP contribution >= 0.6 is 0 Å². The van der Waals surface area contributed by atoms with Crippen LogP contribution < -0.4 is 11.1 Å². The monoisotopic (exact) mass is 294 g/mol. The zero-order valence-corrected chi connectivity index (χ0v) is 11.3. The molecule has 0 fully saturated rings. The molecule has 8 nitrogen and oxygen atoms in total. The van der Waals surface area contributed by atoms with Gasteiger partial charge in [-0.2, -0.15) is 0 Å². The van der Waals surface area contributed by atoms with Crippen LogP contribution in [-0.2, 0) is 16.1 Å². The zero-order chi connectivity index (χ0) is 15.4. The Kier molecular flexibility index (Phi) is 4.39. The smallest absolute Gasteiger partial charge is 0.420 e. The second-order valence-corrected chi connectivity index (χ2v) is 4.28. The number of carboxylic acid groups (broad SMARTS) is 1. The van der Waals surface area contributed by atoms with Crippen LogP contribution in [0.1, 0.15) is 10.4 Å². The third-order valence-electron chi connectivity index (χ3n) is 2.84. The maximum atomic E-state index is 11.7. The van der Waals surface area contributed by atoms with E-state index in [1.54, 1.807) is 0 Å². The number of hydrogen-bond acceptors (Lipinski definition) is 5. The number of oxazole rings is 1. The van der Waals surface area contributed by atoms with E-state index in [0.29, 0.717) is 13.2 Å². The normalized spacial score (nSPS) is 10.7. The summed E-state index contributed by atoms with van der Waals surface area (Å²) in [5.74, 6) is -2.23. The maximum absolute atomic E-state index is 11.7. The van der Waals surface area contributed by atoms with Crippen molar-refractivity contribution in [2.45, 2.75) is 6.54 Å². The first-order valence-electron chi connectivity index (χ1n) is 6.15. The first kappa shape index (κ1) is 14.8. The number of hydrogen-bond donors (Lipinski definition) is 2. The van der Waals surface area contributed by atoms with Crippen LogP contribution in [-0.4, -0.2) is 41.8 Å². The fourth-order valence-electron chi connectivity index (χ4n) is 1.84. The number of ether oxygens (including phenoxy) is 1. The van der Waals surface area contributed by atoms with Crippen molar-refractivity contribution >= 4 is 23.0 Å². The Bertz CT molecular complexity index is 730. The van der Waals surface area contributed by atoms with Crippen molar-refractivity contribution in [2.75, 3.05) is 20.3 Å². The van der Waals surface area contributed by atoms with Gasteiger partial charge in [0.1, 0.15) is 6.54 Å². The van der Waals surface area contributed by atoms with E-state index in [2.05, 4.69) is 5.32 Å². The molecule has 0 aliphatic heterocycles. The van der Waals surface area contributed by atoms with E-state index in [0.717, 1.165) is 4.57 Å². The molecule has 0 aliphatic carbocycles. The lowest BCUT2D eigenvalue weighted by Crippen LogP contribution is -2.32. The molecule has 0 radical (unpaired) electrons. The van der Waals surface area contributed by atoms with Gasteiger partial charge in [0, 0.05) is 13.7 Å². The van der Waals surface area contributed by atoms with Gasteiger partial charge in [-0.1, -0.05) is 0 Å². The average molecular weight is 294 g/mol. The number of methoxy groups -OCH3 is 1. The number of carboxylic acids is 1. The number of nitrogens with zero attached hydrogens (tertiary/aromatic N) is 1. The molecule has 2 N–H and O–H groups in total. The van der Waals surface area contributed by atoms with Crippen LogP contribution in [0.3, 0.4) is 0 Å². The van der Waals surface area contributed by atoms with Crippen molar-refractivity contribution in [3.63, 3.8) is 0 Å². The average Bonchev–Trinajstić information content (AvgIpc) is 2.74. The highest BCUT2D eigenvalue weighted by atomic mass is 16.5. The first-order valence-corrected chi connectivity index (χ1v) is 6.15. The van der Waals surface area contributed by atoms with Gasteiger partial charge in [-0.25, -0.2) is 9.59 Å². The summed E-state index contributed by atoms with van der Waals surface area (Å²) in [5.41, 5.74) is 0.508. The van der Waals surface area contributed by atoms with E-state index in [-0.39, 0.29) is 23.2 Å². The third kappa shape index (κ3) is 3.29. The summed E-state index contributed by atoms with van der Waals surface area (Å²) in [6, 6.07) is 4.02. The van der Waals surface area contributed by atoms with Crippen molar-refractivity contribution in [2.24, 2.45) is 0 Å². The molecule has 112 valence electrons. The number of carbonyl (C=O) groups is 2. The number of rotatable bonds is 6. The molecule has 21 heavy (non-hydrogen) atoms. The number of aromatic nitrogens is 1. The predicted octanol–water partition coefficient (Wildman–Crippen LogP) is 0.0553. The van der Waals surface area contributed by atoms with Crippen LogP contribution in [0.5, 0.6) is 0 Å². The SMILES string of the molecule is COCCNC(=O)Cn1c(=O)oc2ccc(C(=O)O)cc21. The summed E-state index contributed by atoms with van der Waals surface area (Å²) in [4.78, 5) is 34.4. The molecule has 2 aromatic rings. The zero-order valence-electron chi connectivity index (χ0n) is 11.3. The summed E-state index contributed by atoms with van der Waals surface area (Å²) in [5, 5.41) is 11.5. The second-order valence-electron chi connectivity index (χ2n) is 4.28. The van der Waals surface area contributed by atoms with Crippen molar-refractivity contribution in [3.8, 4) is 0 Å². The Hall–Kier alpha value is -2.61. The Morgan fingerprint density at radius 3 is 2.86 bits per heavy atom. The van der Waals surface area contributed by atoms with Crippen molar-refractivity contribution < 1.29 is 23.8 Å². The number of aromatic carboxylic acids is 1. The predicted molar refractivity (Wildman–Crippen MR) is 72.3 cm³/mol. The Balaban J connectivity index is 2.28. The summed E-state index contributed by atoms with van der Waals surface area (Å²) >= 11 is 0. The molecule has 0 bridgehead atoms. The van der Waals surface area contributed by atoms with Crippen LogP contribution in [0.25, 0.3) is 11.1 Å². The van der Waals surface area contributed by atoms with E-state index in [4.69, 9.17) is 14.3 Å². The highest BCUT2D eigenvalue weighted by molar-refractivity contribution is 5.92. The lowest BCUT2D eigenvalue weighted by molar-refractivity contribution is -0.121. The quantitative estimate of drug-likeness (QED) is 0.729. The van der Waals surface area contributed by atoms with Crippen LogP contribution in [0.15, 0.2) is 27.4 Å². The summed E-state index contributed by atoms with van der Waals surface area (Å²) in [7, 11) is 1.51. The number of nitrogens with one attached hydrogen (secondary N) is 1. The van der Waals surface area contributed by atoms with E-state index < -0.39 is 17.6 Å². The molecule has 8 heteroatoms. The van der Waals surface area contributed by atoms with Gasteiger partial charge >= 0.3 is 11.7 Å². The van der Waals surface area contributed by atoms with Gasteiger partial charge in [-0.3, -0.25) is 9.36 Å². The Morgan fingerprint density at radius 1 is 1.43 bits per heavy atom. The molecule has 0 atom stereocenters. The van der Waals surface area contributed by atoms with Crippen LogP contribution in [0.4, 0.5) is 0 Å². The molecule has 0 unspecified atom stereocenters. The van der Waals surface area contributed by atoms with Gasteiger partial charge in [0.15, 0.2) is 5.58 Å². The molecule has 1 aromatic carbocycles. The largest absolute Gasteiger partial charge is 0.478 e. The molecular weight excluding hydrogens is 280 g/mol. The molecule has 1 aromatic heterocycles. The second kappa shape index (κ2) is 6.23. The third-order valence-corrected chi connectivity index (χ3v) is 2.84. The molecule has 0 aliphatic rings. The highest BCUT2D eigenvalue weighted by Crippen LogP contribution is 2.15. The Labute approximate surface area is 118 Å². The van der Waals surface area contributed by atoms with Gasteiger partial charge in [-0.05, 0) is 18.2 Å². The number of amides is 1. The van der Waals surface area contributed by atoms with Crippen molar-refractivity contribution in [3.05, 3.63) is 34.3 Å². The lowest BCUT2D eigenvalue weighted by Gasteiger charge is -2.05. The Morgan fingerprint density at radius 2 is 2.19 bits per heavy atom. The van der Waals surface area contributed by atoms with E-state index in [1.165, 1.54) is 25.3 Å². The van der Waals surface area contributed by atoms with E-state index in [1.807, 2.05) is 0 Å². The molecule has 1 amide bonds. The number of benzene rings is 1. The summed E-state index contributed by atoms with van der Waals surface area (Å²) < 4.78 is 10.9. The van der Waals surface area contributed by atoms with Gasteiger partial charge in [0.05, 0.1) is 17.7 Å². The molecule has 0 spiro atoms. The topological polar surface area (TPSA) is 111 Å². The van der Waals surface area contributed by atoms with Gasteiger partial charge in [0.25, 0.3) is 0 Å². The number of carbonyl (C=O) groups excluding carboxylic acids is 1. The molecule has 1 heterocycles. The molecular formula is C13H14N2O6. The van der Waals surface area contributed by atoms with E-state index >= 15 is 0 Å². The fraction of sp³-hybridized carbons (Fsp3) is 0.308. The standard InChI is InChI=1S/C13H14N2O6/c1-20-5-4-14-11(16)7-15-9-6-8(12(17)18)2-3-10(9)21-13(15)19/h2-3,6H,4-5,7H2,1H3,(H,14,16)(H,17,18). The highest BCUT2D eigenvalue weighted by Gasteiger charge is 2.14. The molecule has 2 rings (SSSR count). The number of fused-ring (bicyclic) bond motifs is 1. The van der Waals surface area contributed by atoms with Crippen LogP contribution in [0.2, 0.25) is 0 Å². The lowest BCUT2D eigenvalue weighted by atomic mass is 10.2. The first-order chi connectivity index (χ1) is 10.0.